The van der Waals surface area contributed by atoms with Gasteiger partial charge in [0.05, 0.1) is 0 Å². The minimum atomic E-state index is 0.231. The summed E-state index contributed by atoms with van der Waals surface area (Å²) in [5.74, 6) is 0.512. The zero-order chi connectivity index (χ0) is 28.8. The first-order valence-electron chi connectivity index (χ1n) is 17.5. The van der Waals surface area contributed by atoms with Gasteiger partial charge in [-0.05, 0) is 53.7 Å². The van der Waals surface area contributed by atoms with E-state index in [1.807, 2.05) is 6.07 Å². The molecular formula is C38H70O. The summed E-state index contributed by atoms with van der Waals surface area (Å²) in [6, 6.07) is 6.25. The first-order chi connectivity index (χ1) is 18.7. The van der Waals surface area contributed by atoms with Gasteiger partial charge in [-0.15, -0.1) is 0 Å². The van der Waals surface area contributed by atoms with Crippen LogP contribution < -0.4 is 0 Å². The third-order valence-electron chi connectivity index (χ3n) is 8.99. The van der Waals surface area contributed by atoms with Crippen molar-refractivity contribution in [2.45, 2.75) is 196 Å². The molecule has 0 fully saturated rings. The average molecular weight is 543 g/mol. The Labute approximate surface area is 246 Å². The Kier molecular flexibility index (Phi) is 20.1. The highest BCUT2D eigenvalue weighted by atomic mass is 16.3. The van der Waals surface area contributed by atoms with Crippen LogP contribution in [0.3, 0.4) is 0 Å². The smallest absolute Gasteiger partial charge is 0.119 e. The van der Waals surface area contributed by atoms with Crippen molar-refractivity contribution < 1.29 is 5.11 Å². The van der Waals surface area contributed by atoms with Gasteiger partial charge in [-0.3, -0.25) is 0 Å². The van der Waals surface area contributed by atoms with Crippen molar-refractivity contribution in [3.63, 3.8) is 0 Å². The fourth-order valence-corrected chi connectivity index (χ4v) is 6.34. The monoisotopic (exact) mass is 543 g/mol. The molecule has 0 aliphatic rings. The summed E-state index contributed by atoms with van der Waals surface area (Å²) < 4.78 is 0. The van der Waals surface area contributed by atoms with Gasteiger partial charge in [-0.25, -0.2) is 0 Å². The van der Waals surface area contributed by atoms with Crippen LogP contribution in [0, 0.1) is 10.8 Å². The zero-order valence-electron chi connectivity index (χ0n) is 27.6. The molecule has 0 bridgehead atoms. The lowest BCUT2D eigenvalue weighted by Gasteiger charge is -2.30. The van der Waals surface area contributed by atoms with Crippen LogP contribution in [-0.4, -0.2) is 5.11 Å². The highest BCUT2D eigenvalue weighted by molar-refractivity contribution is 5.40. The summed E-state index contributed by atoms with van der Waals surface area (Å²) >= 11 is 0. The highest BCUT2D eigenvalue weighted by Crippen LogP contribution is 2.37. The molecule has 0 aromatic heterocycles. The fourth-order valence-electron chi connectivity index (χ4n) is 6.34. The number of hydrogen-bond donors (Lipinski definition) is 1. The number of benzene rings is 1. The first kappa shape index (κ1) is 36.0. The summed E-state index contributed by atoms with van der Waals surface area (Å²) in [5.41, 5.74) is 3.10. The van der Waals surface area contributed by atoms with Crippen molar-refractivity contribution in [3.05, 3.63) is 29.3 Å². The molecule has 1 aromatic carbocycles. The molecule has 1 nitrogen and oxygen atoms in total. The van der Waals surface area contributed by atoms with Crippen LogP contribution in [0.2, 0.25) is 0 Å². The van der Waals surface area contributed by atoms with Crippen LogP contribution in [0.5, 0.6) is 5.75 Å². The van der Waals surface area contributed by atoms with Crippen molar-refractivity contribution in [1.82, 2.24) is 0 Å². The van der Waals surface area contributed by atoms with E-state index in [-0.39, 0.29) is 10.8 Å². The molecule has 228 valence electrons. The lowest BCUT2D eigenvalue weighted by atomic mass is 9.76. The predicted molar refractivity (Wildman–Crippen MR) is 176 cm³/mol. The van der Waals surface area contributed by atoms with E-state index in [0.29, 0.717) is 5.75 Å². The van der Waals surface area contributed by atoms with Gasteiger partial charge >= 0.3 is 0 Å². The van der Waals surface area contributed by atoms with Gasteiger partial charge in [-0.2, -0.15) is 0 Å². The third-order valence-corrected chi connectivity index (χ3v) is 8.99. The number of unbranched alkanes of at least 4 members (excludes halogenated alkanes) is 18. The molecule has 0 unspecified atom stereocenters. The number of rotatable bonds is 26. The standard InChI is InChI=1S/C38H70O/c1-7-9-11-13-15-17-19-21-23-25-30-37(3,4)32-34-28-27-29-36(39)35(34)33-38(5,6)31-26-24-22-20-18-16-14-12-10-8-2/h27-29,39H,7-26,30-33H2,1-6H3. The predicted octanol–water partition coefficient (Wildman–Crippen LogP) is 13.2. The van der Waals surface area contributed by atoms with Gasteiger partial charge in [0, 0.05) is 0 Å². The molecule has 1 heteroatoms. The largest absolute Gasteiger partial charge is 0.508 e. The molecule has 0 saturated heterocycles. The minimum absolute atomic E-state index is 0.231. The molecule has 0 heterocycles. The second-order valence-corrected chi connectivity index (χ2v) is 14.5. The fraction of sp³-hybridized carbons (Fsp3) is 0.842. The van der Waals surface area contributed by atoms with Gasteiger partial charge in [0.15, 0.2) is 0 Å². The molecular weight excluding hydrogens is 472 g/mol. The number of aromatic hydroxyl groups is 1. The van der Waals surface area contributed by atoms with Crippen molar-refractivity contribution in [3.8, 4) is 5.75 Å². The van der Waals surface area contributed by atoms with Crippen LogP contribution >= 0.6 is 0 Å². The summed E-state index contributed by atoms with van der Waals surface area (Å²) in [4.78, 5) is 0. The van der Waals surface area contributed by atoms with E-state index in [1.165, 1.54) is 152 Å². The Hall–Kier alpha value is -0.980. The molecule has 0 radical (unpaired) electrons. The Morgan fingerprint density at radius 1 is 0.487 bits per heavy atom. The topological polar surface area (TPSA) is 20.2 Å². The Morgan fingerprint density at radius 3 is 1.26 bits per heavy atom. The van der Waals surface area contributed by atoms with Crippen LogP contribution in [0.4, 0.5) is 0 Å². The summed E-state index contributed by atoms with van der Waals surface area (Å²) in [6.07, 6.45) is 32.5. The van der Waals surface area contributed by atoms with E-state index in [0.717, 1.165) is 12.8 Å². The molecule has 0 aliphatic carbocycles. The van der Waals surface area contributed by atoms with Gasteiger partial charge in [0.1, 0.15) is 5.75 Å². The van der Waals surface area contributed by atoms with Crippen molar-refractivity contribution in [2.24, 2.45) is 10.8 Å². The first-order valence-corrected chi connectivity index (χ1v) is 17.5. The van der Waals surface area contributed by atoms with Gasteiger partial charge in [0.2, 0.25) is 0 Å². The molecule has 0 saturated carbocycles. The molecule has 1 aromatic rings. The molecule has 0 amide bonds. The summed E-state index contributed by atoms with van der Waals surface area (Å²) in [5, 5.41) is 10.9. The van der Waals surface area contributed by atoms with Crippen LogP contribution in [0.25, 0.3) is 0 Å². The lowest BCUT2D eigenvalue weighted by Crippen LogP contribution is -2.20. The quantitative estimate of drug-likeness (QED) is 0.115. The number of phenolic OH excluding ortho intramolecular Hbond substituents is 1. The van der Waals surface area contributed by atoms with Crippen molar-refractivity contribution in [1.29, 1.82) is 0 Å². The van der Waals surface area contributed by atoms with E-state index in [2.05, 4.69) is 53.7 Å². The molecule has 0 spiro atoms. The molecule has 0 aliphatic heterocycles. The highest BCUT2D eigenvalue weighted by Gasteiger charge is 2.25. The minimum Gasteiger partial charge on any atom is -0.508 e. The van der Waals surface area contributed by atoms with Crippen molar-refractivity contribution in [2.75, 3.05) is 0 Å². The molecule has 0 atom stereocenters. The maximum atomic E-state index is 10.9. The molecule has 1 rings (SSSR count). The second kappa shape index (κ2) is 21.7. The van der Waals surface area contributed by atoms with E-state index in [9.17, 15) is 5.11 Å². The summed E-state index contributed by atoms with van der Waals surface area (Å²) in [7, 11) is 0. The van der Waals surface area contributed by atoms with Gasteiger partial charge < -0.3 is 5.11 Å². The van der Waals surface area contributed by atoms with Gasteiger partial charge in [0.25, 0.3) is 0 Å². The maximum Gasteiger partial charge on any atom is 0.119 e. The van der Waals surface area contributed by atoms with E-state index in [1.54, 1.807) is 0 Å². The second-order valence-electron chi connectivity index (χ2n) is 14.5. The molecule has 1 N–H and O–H groups in total. The number of hydrogen-bond acceptors (Lipinski definition) is 1. The normalized spacial score (nSPS) is 12.4. The molecule has 39 heavy (non-hydrogen) atoms. The van der Waals surface area contributed by atoms with E-state index in [4.69, 9.17) is 0 Å². The van der Waals surface area contributed by atoms with Crippen LogP contribution in [0.15, 0.2) is 18.2 Å². The summed E-state index contributed by atoms with van der Waals surface area (Å²) in [6.45, 7) is 14.3. The van der Waals surface area contributed by atoms with Crippen LogP contribution in [0.1, 0.15) is 194 Å². The zero-order valence-corrected chi connectivity index (χ0v) is 27.6. The lowest BCUT2D eigenvalue weighted by molar-refractivity contribution is 0.299. The third kappa shape index (κ3) is 18.9. The van der Waals surface area contributed by atoms with E-state index >= 15 is 0 Å². The van der Waals surface area contributed by atoms with E-state index < -0.39 is 0 Å². The van der Waals surface area contributed by atoms with Gasteiger partial charge in [-0.1, -0.05) is 182 Å². The van der Waals surface area contributed by atoms with Crippen LogP contribution in [-0.2, 0) is 12.8 Å². The SMILES string of the molecule is CCCCCCCCCCCCC(C)(C)Cc1cccc(O)c1CC(C)(C)CCCCCCCCCCCC. The average Bonchev–Trinajstić information content (AvgIpc) is 2.88. The Morgan fingerprint density at radius 2 is 0.846 bits per heavy atom. The Bertz CT molecular complexity index is 701. The maximum absolute atomic E-state index is 10.9. The van der Waals surface area contributed by atoms with Crippen molar-refractivity contribution >= 4 is 0 Å². The Balaban J connectivity index is 2.39. The number of phenols is 1.